The summed E-state index contributed by atoms with van der Waals surface area (Å²) in [7, 11) is 3.40. The zero-order chi connectivity index (χ0) is 13.8. The van der Waals surface area contributed by atoms with E-state index in [4.69, 9.17) is 16.3 Å². The fourth-order valence-corrected chi connectivity index (χ4v) is 2.55. The number of benzene rings is 1. The number of ether oxygens (including phenoxy) is 1. The number of halogens is 1. The van der Waals surface area contributed by atoms with E-state index in [0.717, 1.165) is 25.9 Å². The fraction of sp³-hybridized carbons (Fsp3) is 0.500. The molecule has 0 aromatic heterocycles. The van der Waals surface area contributed by atoms with Crippen molar-refractivity contribution in [2.24, 2.45) is 0 Å². The van der Waals surface area contributed by atoms with Crippen molar-refractivity contribution >= 4 is 17.5 Å². The molecule has 0 radical (unpaired) electrons. The minimum atomic E-state index is -0.0135. The van der Waals surface area contributed by atoms with Crippen molar-refractivity contribution in [2.75, 3.05) is 27.2 Å². The van der Waals surface area contributed by atoms with Gasteiger partial charge >= 0.3 is 0 Å². The lowest BCUT2D eigenvalue weighted by atomic mass is 10.0. The largest absolute Gasteiger partial charge is 0.496 e. The first-order chi connectivity index (χ1) is 9.13. The molecular formula is C14H19ClN2O2. The maximum absolute atomic E-state index is 12.5. The van der Waals surface area contributed by atoms with Gasteiger partial charge < -0.3 is 15.0 Å². The molecule has 1 saturated heterocycles. The molecule has 0 aliphatic carbocycles. The molecule has 2 rings (SSSR count). The normalized spacial score (nSPS) is 16.2. The van der Waals surface area contributed by atoms with Gasteiger partial charge in [0.1, 0.15) is 5.75 Å². The van der Waals surface area contributed by atoms with Crippen molar-refractivity contribution in [1.82, 2.24) is 10.2 Å². The van der Waals surface area contributed by atoms with Gasteiger partial charge in [0.15, 0.2) is 0 Å². The summed E-state index contributed by atoms with van der Waals surface area (Å²) in [5, 5.41) is 3.87. The minimum absolute atomic E-state index is 0.0135. The molecule has 1 aromatic carbocycles. The Hall–Kier alpha value is -1.26. The second kappa shape index (κ2) is 6.26. The summed E-state index contributed by atoms with van der Waals surface area (Å²) >= 11 is 5.92. The quantitative estimate of drug-likeness (QED) is 0.924. The van der Waals surface area contributed by atoms with Crippen LogP contribution in [0.4, 0.5) is 0 Å². The van der Waals surface area contributed by atoms with Gasteiger partial charge in [0.05, 0.1) is 12.7 Å². The van der Waals surface area contributed by atoms with Crippen LogP contribution in [-0.4, -0.2) is 44.1 Å². The molecule has 1 heterocycles. The van der Waals surface area contributed by atoms with Crippen LogP contribution < -0.4 is 10.1 Å². The number of hydrogen-bond donors (Lipinski definition) is 1. The van der Waals surface area contributed by atoms with E-state index in [9.17, 15) is 4.79 Å². The van der Waals surface area contributed by atoms with Gasteiger partial charge in [0, 0.05) is 18.1 Å². The Morgan fingerprint density at radius 3 is 2.74 bits per heavy atom. The SMILES string of the molecule is COc1cc(Cl)ccc1C(=O)N(C)C1CCNCC1. The van der Waals surface area contributed by atoms with E-state index in [-0.39, 0.29) is 11.9 Å². The molecule has 0 saturated carbocycles. The molecular weight excluding hydrogens is 264 g/mol. The van der Waals surface area contributed by atoms with Gasteiger partial charge in [-0.15, -0.1) is 0 Å². The lowest BCUT2D eigenvalue weighted by Crippen LogP contribution is -2.44. The van der Waals surface area contributed by atoms with Gasteiger partial charge in [-0.2, -0.15) is 0 Å². The van der Waals surface area contributed by atoms with Crippen LogP contribution in [0.5, 0.6) is 5.75 Å². The van der Waals surface area contributed by atoms with E-state index < -0.39 is 0 Å². The lowest BCUT2D eigenvalue weighted by molar-refractivity contribution is 0.0700. The molecule has 19 heavy (non-hydrogen) atoms. The van der Waals surface area contributed by atoms with Crippen molar-refractivity contribution in [2.45, 2.75) is 18.9 Å². The Bertz CT molecular complexity index is 459. The number of nitrogens with one attached hydrogen (secondary N) is 1. The highest BCUT2D eigenvalue weighted by Gasteiger charge is 2.24. The first-order valence-electron chi connectivity index (χ1n) is 6.45. The highest BCUT2D eigenvalue weighted by molar-refractivity contribution is 6.30. The van der Waals surface area contributed by atoms with Crippen LogP contribution >= 0.6 is 11.6 Å². The average Bonchev–Trinajstić information content (AvgIpc) is 2.46. The highest BCUT2D eigenvalue weighted by Crippen LogP contribution is 2.25. The smallest absolute Gasteiger partial charge is 0.257 e. The van der Waals surface area contributed by atoms with Crippen molar-refractivity contribution < 1.29 is 9.53 Å². The predicted octanol–water partition coefficient (Wildman–Crippen LogP) is 2.17. The third kappa shape index (κ3) is 3.19. The molecule has 1 aliphatic heterocycles. The number of rotatable bonds is 3. The van der Waals surface area contributed by atoms with Crippen LogP contribution in [0.15, 0.2) is 18.2 Å². The number of amides is 1. The third-order valence-corrected chi connectivity index (χ3v) is 3.81. The zero-order valence-electron chi connectivity index (χ0n) is 11.3. The Kier molecular flexibility index (Phi) is 4.66. The van der Waals surface area contributed by atoms with E-state index in [0.29, 0.717) is 16.3 Å². The summed E-state index contributed by atoms with van der Waals surface area (Å²) in [5.74, 6) is 0.513. The first kappa shape index (κ1) is 14.2. The molecule has 0 spiro atoms. The maximum Gasteiger partial charge on any atom is 0.257 e. The maximum atomic E-state index is 12.5. The second-order valence-corrected chi connectivity index (χ2v) is 5.18. The van der Waals surface area contributed by atoms with Crippen LogP contribution in [0.25, 0.3) is 0 Å². The van der Waals surface area contributed by atoms with Gasteiger partial charge in [0.25, 0.3) is 5.91 Å². The first-order valence-corrected chi connectivity index (χ1v) is 6.82. The number of methoxy groups -OCH3 is 1. The van der Waals surface area contributed by atoms with E-state index in [1.807, 2.05) is 11.9 Å². The summed E-state index contributed by atoms with van der Waals surface area (Å²) in [6.45, 7) is 1.92. The molecule has 1 N–H and O–H groups in total. The molecule has 0 bridgehead atoms. The Labute approximate surface area is 118 Å². The number of carbonyl (C=O) groups is 1. The van der Waals surface area contributed by atoms with Gasteiger partial charge in [-0.25, -0.2) is 0 Å². The van der Waals surface area contributed by atoms with Crippen molar-refractivity contribution in [3.8, 4) is 5.75 Å². The van der Waals surface area contributed by atoms with E-state index >= 15 is 0 Å². The van der Waals surface area contributed by atoms with E-state index in [1.54, 1.807) is 25.3 Å². The molecule has 1 amide bonds. The fourth-order valence-electron chi connectivity index (χ4n) is 2.39. The van der Waals surface area contributed by atoms with Gasteiger partial charge in [-0.1, -0.05) is 11.6 Å². The van der Waals surface area contributed by atoms with Crippen LogP contribution in [-0.2, 0) is 0 Å². The minimum Gasteiger partial charge on any atom is -0.496 e. The summed E-state index contributed by atoms with van der Waals surface area (Å²) in [6.07, 6.45) is 1.97. The van der Waals surface area contributed by atoms with Crippen LogP contribution in [0.3, 0.4) is 0 Å². The molecule has 4 nitrogen and oxygen atoms in total. The highest BCUT2D eigenvalue weighted by atomic mass is 35.5. The molecule has 5 heteroatoms. The van der Waals surface area contributed by atoms with Crippen molar-refractivity contribution in [3.63, 3.8) is 0 Å². The summed E-state index contributed by atoms with van der Waals surface area (Å²) in [4.78, 5) is 14.3. The van der Waals surface area contributed by atoms with E-state index in [1.165, 1.54) is 0 Å². The predicted molar refractivity (Wildman–Crippen MR) is 76.0 cm³/mol. The van der Waals surface area contributed by atoms with Crippen LogP contribution in [0, 0.1) is 0 Å². The second-order valence-electron chi connectivity index (χ2n) is 4.74. The Morgan fingerprint density at radius 2 is 2.11 bits per heavy atom. The van der Waals surface area contributed by atoms with Crippen molar-refractivity contribution in [1.29, 1.82) is 0 Å². The zero-order valence-corrected chi connectivity index (χ0v) is 12.0. The Morgan fingerprint density at radius 1 is 1.42 bits per heavy atom. The molecule has 104 valence electrons. The molecule has 1 fully saturated rings. The number of carbonyl (C=O) groups excluding carboxylic acids is 1. The summed E-state index contributed by atoms with van der Waals surface area (Å²) in [6, 6.07) is 5.40. The molecule has 0 unspecified atom stereocenters. The van der Waals surface area contributed by atoms with Crippen LogP contribution in [0.2, 0.25) is 5.02 Å². The summed E-state index contributed by atoms with van der Waals surface area (Å²) < 4.78 is 5.24. The van der Waals surface area contributed by atoms with Gasteiger partial charge in [-0.3, -0.25) is 4.79 Å². The van der Waals surface area contributed by atoms with Crippen LogP contribution in [0.1, 0.15) is 23.2 Å². The lowest BCUT2D eigenvalue weighted by Gasteiger charge is -2.32. The van der Waals surface area contributed by atoms with Gasteiger partial charge in [-0.05, 0) is 44.1 Å². The molecule has 0 atom stereocenters. The van der Waals surface area contributed by atoms with E-state index in [2.05, 4.69) is 5.32 Å². The average molecular weight is 283 g/mol. The van der Waals surface area contributed by atoms with Gasteiger partial charge in [0.2, 0.25) is 0 Å². The van der Waals surface area contributed by atoms with Crippen molar-refractivity contribution in [3.05, 3.63) is 28.8 Å². The number of nitrogens with zero attached hydrogens (tertiary/aromatic N) is 1. The topological polar surface area (TPSA) is 41.6 Å². The number of hydrogen-bond acceptors (Lipinski definition) is 3. The molecule has 1 aromatic rings. The third-order valence-electron chi connectivity index (χ3n) is 3.57. The standard InChI is InChI=1S/C14H19ClN2O2/c1-17(11-5-7-16-8-6-11)14(18)12-4-3-10(15)9-13(12)19-2/h3-4,9,11,16H,5-8H2,1-2H3. The Balaban J connectivity index is 2.18. The monoisotopic (exact) mass is 282 g/mol. The molecule has 1 aliphatic rings. The summed E-state index contributed by atoms with van der Waals surface area (Å²) in [5.41, 5.74) is 0.563. The number of piperidine rings is 1.